The predicted octanol–water partition coefficient (Wildman–Crippen LogP) is 2.70. The summed E-state index contributed by atoms with van der Waals surface area (Å²) in [5.74, 6) is -0.996. The van der Waals surface area contributed by atoms with Crippen molar-refractivity contribution in [1.29, 1.82) is 0 Å². The van der Waals surface area contributed by atoms with Crippen LogP contribution in [0.4, 0.5) is 0 Å². The smallest absolute Gasteiger partial charge is 0.309 e. The Balaban J connectivity index is 2.14. The van der Waals surface area contributed by atoms with Gasteiger partial charge in [-0.2, -0.15) is 0 Å². The molecule has 0 bridgehead atoms. The third-order valence-electron chi connectivity index (χ3n) is 4.25. The lowest BCUT2D eigenvalue weighted by molar-refractivity contribution is -0.151. The first-order valence-corrected chi connectivity index (χ1v) is 7.34. The molecule has 0 saturated carbocycles. The summed E-state index contributed by atoms with van der Waals surface area (Å²) in [5.41, 5.74) is -0.349. The zero-order chi connectivity index (χ0) is 15.6. The van der Waals surface area contributed by atoms with Gasteiger partial charge in [-0.3, -0.25) is 9.59 Å². The molecule has 21 heavy (non-hydrogen) atoms. The zero-order valence-electron chi connectivity index (χ0n) is 12.2. The molecule has 0 radical (unpaired) electrons. The lowest BCUT2D eigenvalue weighted by atomic mass is 9.74. The molecule has 0 aromatic carbocycles. The fourth-order valence-electron chi connectivity index (χ4n) is 2.64. The third kappa shape index (κ3) is 3.35. The molecule has 1 aromatic heterocycles. The summed E-state index contributed by atoms with van der Waals surface area (Å²) >= 11 is 5.81. The van der Waals surface area contributed by atoms with Crippen molar-refractivity contribution in [3.8, 4) is 0 Å². The number of carbonyl (C=O) groups excluding carboxylic acids is 1. The minimum absolute atomic E-state index is 0.0509. The van der Waals surface area contributed by atoms with Crippen molar-refractivity contribution in [2.45, 2.75) is 26.7 Å². The topological polar surface area (TPSA) is 70.5 Å². The van der Waals surface area contributed by atoms with Gasteiger partial charge in [0, 0.05) is 24.8 Å². The standard InChI is InChI=1S/C15H19ClN2O3/c1-15(2,14(20)21)11-4-3-7-18(9-11)13(19)10-5-6-17-12(16)8-10/h5-6,8,11H,3-4,7,9H2,1-2H3,(H,20,21). The second kappa shape index (κ2) is 6.02. The van der Waals surface area contributed by atoms with Crippen molar-refractivity contribution in [2.75, 3.05) is 13.1 Å². The number of aliphatic carboxylic acids is 1. The van der Waals surface area contributed by atoms with E-state index in [9.17, 15) is 14.7 Å². The molecule has 1 unspecified atom stereocenters. The summed E-state index contributed by atoms with van der Waals surface area (Å²) in [6.45, 7) is 4.54. The second-order valence-corrected chi connectivity index (χ2v) is 6.37. The minimum Gasteiger partial charge on any atom is -0.481 e. The fraction of sp³-hybridized carbons (Fsp3) is 0.533. The highest BCUT2D eigenvalue weighted by atomic mass is 35.5. The highest BCUT2D eigenvalue weighted by Gasteiger charge is 2.40. The maximum atomic E-state index is 12.5. The summed E-state index contributed by atoms with van der Waals surface area (Å²) in [5, 5.41) is 9.62. The molecular formula is C15H19ClN2O3. The first kappa shape index (κ1) is 15.8. The van der Waals surface area contributed by atoms with Gasteiger partial charge in [0.1, 0.15) is 5.15 Å². The molecule has 114 valence electrons. The van der Waals surface area contributed by atoms with Crippen LogP contribution in [0.3, 0.4) is 0 Å². The largest absolute Gasteiger partial charge is 0.481 e. The van der Waals surface area contributed by atoms with E-state index >= 15 is 0 Å². The Morgan fingerprint density at radius 2 is 2.19 bits per heavy atom. The molecule has 1 amide bonds. The minimum atomic E-state index is -0.838. The number of halogens is 1. The summed E-state index contributed by atoms with van der Waals surface area (Å²) in [6.07, 6.45) is 3.13. The fourth-order valence-corrected chi connectivity index (χ4v) is 2.82. The zero-order valence-corrected chi connectivity index (χ0v) is 12.9. The number of likely N-dealkylation sites (tertiary alicyclic amines) is 1. The van der Waals surface area contributed by atoms with Gasteiger partial charge < -0.3 is 10.0 Å². The lowest BCUT2D eigenvalue weighted by Crippen LogP contribution is -2.46. The summed E-state index contributed by atoms with van der Waals surface area (Å²) in [4.78, 5) is 29.4. The van der Waals surface area contributed by atoms with E-state index in [4.69, 9.17) is 11.6 Å². The molecule has 1 aromatic rings. The van der Waals surface area contributed by atoms with E-state index in [0.717, 1.165) is 12.8 Å². The Hall–Kier alpha value is -1.62. The second-order valence-electron chi connectivity index (χ2n) is 5.98. The lowest BCUT2D eigenvalue weighted by Gasteiger charge is -2.39. The van der Waals surface area contributed by atoms with Crippen LogP contribution in [-0.2, 0) is 4.79 Å². The molecule has 1 fully saturated rings. The van der Waals surface area contributed by atoms with E-state index in [1.165, 1.54) is 12.3 Å². The van der Waals surface area contributed by atoms with E-state index in [1.807, 2.05) is 0 Å². The van der Waals surface area contributed by atoms with E-state index < -0.39 is 11.4 Å². The van der Waals surface area contributed by atoms with E-state index in [2.05, 4.69) is 4.98 Å². The molecule has 1 aliphatic rings. The Bertz CT molecular complexity index is 560. The Kier molecular flexibility index (Phi) is 4.52. The van der Waals surface area contributed by atoms with Gasteiger partial charge in [0.25, 0.3) is 5.91 Å². The number of piperidine rings is 1. The van der Waals surface area contributed by atoms with Crippen LogP contribution >= 0.6 is 11.6 Å². The third-order valence-corrected chi connectivity index (χ3v) is 4.46. The van der Waals surface area contributed by atoms with E-state index in [0.29, 0.717) is 18.7 Å². The van der Waals surface area contributed by atoms with Crippen LogP contribution < -0.4 is 0 Å². The van der Waals surface area contributed by atoms with Crippen LogP contribution in [0, 0.1) is 11.3 Å². The average Bonchev–Trinajstić information content (AvgIpc) is 2.46. The highest BCUT2D eigenvalue weighted by molar-refractivity contribution is 6.29. The van der Waals surface area contributed by atoms with E-state index in [-0.39, 0.29) is 17.0 Å². The van der Waals surface area contributed by atoms with Crippen LogP contribution in [0.1, 0.15) is 37.0 Å². The van der Waals surface area contributed by atoms with Crippen molar-refractivity contribution >= 4 is 23.5 Å². The van der Waals surface area contributed by atoms with Crippen molar-refractivity contribution < 1.29 is 14.7 Å². The average molecular weight is 311 g/mol. The number of carbonyl (C=O) groups is 2. The molecule has 2 rings (SSSR count). The molecule has 1 N–H and O–H groups in total. The number of carboxylic acids is 1. The van der Waals surface area contributed by atoms with Gasteiger partial charge in [0.2, 0.25) is 0 Å². The number of amides is 1. The maximum absolute atomic E-state index is 12.5. The van der Waals surface area contributed by atoms with Crippen LogP contribution in [0.25, 0.3) is 0 Å². The number of carboxylic acid groups (broad SMARTS) is 1. The van der Waals surface area contributed by atoms with Crippen molar-refractivity contribution in [3.63, 3.8) is 0 Å². The number of hydrogen-bond donors (Lipinski definition) is 1. The van der Waals surface area contributed by atoms with Crippen LogP contribution in [0.5, 0.6) is 0 Å². The van der Waals surface area contributed by atoms with Gasteiger partial charge in [0.05, 0.1) is 5.41 Å². The normalized spacial score (nSPS) is 19.4. The summed E-state index contributed by atoms with van der Waals surface area (Å²) in [6, 6.07) is 3.16. The Morgan fingerprint density at radius 1 is 1.48 bits per heavy atom. The number of pyridine rings is 1. The molecule has 0 aliphatic carbocycles. The SMILES string of the molecule is CC(C)(C(=O)O)C1CCCN(C(=O)c2ccnc(Cl)c2)C1. The molecule has 1 aliphatic heterocycles. The molecule has 6 heteroatoms. The highest BCUT2D eigenvalue weighted by Crippen LogP contribution is 2.34. The molecular weight excluding hydrogens is 292 g/mol. The van der Waals surface area contributed by atoms with Gasteiger partial charge in [-0.25, -0.2) is 4.98 Å². The summed E-state index contributed by atoms with van der Waals surface area (Å²) in [7, 11) is 0. The van der Waals surface area contributed by atoms with Gasteiger partial charge in [-0.1, -0.05) is 11.6 Å². The van der Waals surface area contributed by atoms with Crippen LogP contribution in [0.15, 0.2) is 18.3 Å². The quantitative estimate of drug-likeness (QED) is 0.871. The Labute approximate surface area is 128 Å². The predicted molar refractivity (Wildman–Crippen MR) is 79.3 cm³/mol. The first-order valence-electron chi connectivity index (χ1n) is 6.96. The first-order chi connectivity index (χ1) is 9.82. The van der Waals surface area contributed by atoms with Crippen LogP contribution in [0.2, 0.25) is 5.15 Å². The monoisotopic (exact) mass is 310 g/mol. The molecule has 2 heterocycles. The van der Waals surface area contributed by atoms with E-state index in [1.54, 1.807) is 24.8 Å². The van der Waals surface area contributed by atoms with Gasteiger partial charge in [-0.05, 0) is 44.7 Å². The number of rotatable bonds is 3. The van der Waals surface area contributed by atoms with Crippen molar-refractivity contribution in [1.82, 2.24) is 9.88 Å². The van der Waals surface area contributed by atoms with Crippen LogP contribution in [-0.4, -0.2) is 40.0 Å². The number of aromatic nitrogens is 1. The van der Waals surface area contributed by atoms with Crippen molar-refractivity contribution in [3.05, 3.63) is 29.0 Å². The summed E-state index contributed by atoms with van der Waals surface area (Å²) < 4.78 is 0. The van der Waals surface area contributed by atoms with Crippen molar-refractivity contribution in [2.24, 2.45) is 11.3 Å². The molecule has 5 nitrogen and oxygen atoms in total. The Morgan fingerprint density at radius 3 is 2.81 bits per heavy atom. The van der Waals surface area contributed by atoms with Gasteiger partial charge in [0.15, 0.2) is 0 Å². The van der Waals surface area contributed by atoms with Gasteiger partial charge in [-0.15, -0.1) is 0 Å². The molecule has 0 spiro atoms. The molecule has 1 saturated heterocycles. The van der Waals surface area contributed by atoms with Gasteiger partial charge >= 0.3 is 5.97 Å². The maximum Gasteiger partial charge on any atom is 0.309 e. The number of nitrogens with zero attached hydrogens (tertiary/aromatic N) is 2. The molecule has 1 atom stereocenters. The number of hydrogen-bond acceptors (Lipinski definition) is 3.